The predicted octanol–water partition coefficient (Wildman–Crippen LogP) is 3.51. The van der Waals surface area contributed by atoms with Gasteiger partial charge in [0.15, 0.2) is 6.29 Å². The Balaban J connectivity index is 1.81. The highest BCUT2D eigenvalue weighted by Gasteiger charge is 2.10. The molecular formula is C20H19O2P. The molecular weight excluding hydrogens is 303 g/mol. The zero-order chi connectivity index (χ0) is 16.1. The summed E-state index contributed by atoms with van der Waals surface area (Å²) in [6.07, 6.45) is 11.5. The van der Waals surface area contributed by atoms with Crippen molar-refractivity contribution >= 4 is 25.5 Å². The summed E-state index contributed by atoms with van der Waals surface area (Å²) >= 11 is 0. The van der Waals surface area contributed by atoms with Crippen LogP contribution in [0.1, 0.15) is 22.3 Å². The Hall–Kier alpha value is -2.18. The van der Waals surface area contributed by atoms with E-state index in [4.69, 9.17) is 0 Å². The summed E-state index contributed by atoms with van der Waals surface area (Å²) in [6.45, 7) is 0. The number of phenolic OH excluding ortho intramolecular Hbond substituents is 1. The molecule has 0 aliphatic heterocycles. The highest BCUT2D eigenvalue weighted by molar-refractivity contribution is 7.56. The third-order valence-corrected chi connectivity index (χ3v) is 5.38. The predicted molar refractivity (Wildman–Crippen MR) is 97.6 cm³/mol. The van der Waals surface area contributed by atoms with Crippen molar-refractivity contribution in [1.29, 1.82) is 0 Å². The van der Waals surface area contributed by atoms with Gasteiger partial charge < -0.3 is 5.11 Å². The number of carbonyl (C=O) groups is 1. The van der Waals surface area contributed by atoms with Crippen LogP contribution in [-0.4, -0.2) is 11.4 Å². The quantitative estimate of drug-likeness (QED) is 0.676. The lowest BCUT2D eigenvalue weighted by molar-refractivity contribution is 0.112. The first-order valence-corrected chi connectivity index (χ1v) is 8.72. The number of aldehydes is 1. The summed E-state index contributed by atoms with van der Waals surface area (Å²) in [4.78, 5) is 11.2. The maximum absolute atomic E-state index is 11.2. The number of hydrogen-bond donors (Lipinski definition) is 1. The fourth-order valence-electron chi connectivity index (χ4n) is 2.75. The van der Waals surface area contributed by atoms with Gasteiger partial charge in [-0.25, -0.2) is 0 Å². The van der Waals surface area contributed by atoms with Gasteiger partial charge in [0.05, 0.1) is 0 Å². The van der Waals surface area contributed by atoms with Gasteiger partial charge in [-0.3, -0.25) is 4.79 Å². The van der Waals surface area contributed by atoms with Crippen molar-refractivity contribution in [2.45, 2.75) is 12.8 Å². The zero-order valence-electron chi connectivity index (χ0n) is 12.8. The van der Waals surface area contributed by atoms with Crippen molar-refractivity contribution in [3.8, 4) is 5.75 Å². The summed E-state index contributed by atoms with van der Waals surface area (Å²) in [6, 6.07) is 13.4. The number of hydrogen-bond acceptors (Lipinski definition) is 2. The smallest absolute Gasteiger partial charge is 0.150 e. The average molecular weight is 322 g/mol. The molecule has 0 spiro atoms. The number of phenols is 1. The molecule has 1 N–H and O–H groups in total. The normalized spacial score (nSPS) is 17.0. The summed E-state index contributed by atoms with van der Waals surface area (Å²) in [7, 11) is 0.277. The molecule has 0 saturated heterocycles. The maximum Gasteiger partial charge on any atom is 0.150 e. The van der Waals surface area contributed by atoms with Crippen LogP contribution in [0, 0.1) is 5.92 Å². The van der Waals surface area contributed by atoms with Crippen molar-refractivity contribution in [3.05, 3.63) is 77.9 Å². The van der Waals surface area contributed by atoms with Crippen molar-refractivity contribution < 1.29 is 9.90 Å². The minimum absolute atomic E-state index is 0.277. The van der Waals surface area contributed by atoms with Crippen LogP contribution in [-0.2, 0) is 6.42 Å². The standard InChI is InChI=1S/C20H19O2P/c21-14-17-8-4-5-9-19(17)23-20-13-16(10-11-18(20)22)12-15-6-2-1-3-7-15/h1-6,8-11,13-15,22-23H,7,12H2. The lowest BCUT2D eigenvalue weighted by Crippen LogP contribution is -2.10. The Morgan fingerprint density at radius 1 is 1.13 bits per heavy atom. The second kappa shape index (κ2) is 7.39. The van der Waals surface area contributed by atoms with Gasteiger partial charge in [-0.2, -0.15) is 0 Å². The molecule has 0 amide bonds. The number of aromatic hydroxyl groups is 1. The molecule has 2 aromatic rings. The molecule has 2 aromatic carbocycles. The SMILES string of the molecule is O=Cc1ccccc1Pc1cc(CC2C=CC=CC2)ccc1O. The Labute approximate surface area is 138 Å². The number of carbonyl (C=O) groups excluding carboxylic acids is 1. The van der Waals surface area contributed by atoms with Gasteiger partial charge in [-0.1, -0.05) is 63.2 Å². The van der Waals surface area contributed by atoms with E-state index < -0.39 is 0 Å². The van der Waals surface area contributed by atoms with Crippen LogP contribution in [0.15, 0.2) is 66.8 Å². The van der Waals surface area contributed by atoms with Gasteiger partial charge in [0.25, 0.3) is 0 Å². The molecule has 2 unspecified atom stereocenters. The minimum Gasteiger partial charge on any atom is -0.507 e. The van der Waals surface area contributed by atoms with Crippen molar-refractivity contribution in [2.75, 3.05) is 0 Å². The summed E-state index contributed by atoms with van der Waals surface area (Å²) in [5, 5.41) is 12.0. The van der Waals surface area contributed by atoms with E-state index in [1.165, 1.54) is 5.56 Å². The molecule has 1 aliphatic rings. The van der Waals surface area contributed by atoms with E-state index in [0.717, 1.165) is 29.7 Å². The zero-order valence-corrected chi connectivity index (χ0v) is 13.8. The molecule has 116 valence electrons. The molecule has 0 fully saturated rings. The van der Waals surface area contributed by atoms with Gasteiger partial charge in [-0.05, 0) is 41.8 Å². The lowest BCUT2D eigenvalue weighted by Gasteiger charge is -2.14. The topological polar surface area (TPSA) is 37.3 Å². The summed E-state index contributed by atoms with van der Waals surface area (Å²) < 4.78 is 0. The largest absolute Gasteiger partial charge is 0.507 e. The van der Waals surface area contributed by atoms with E-state index in [-0.39, 0.29) is 8.58 Å². The fraction of sp³-hybridized carbons (Fsp3) is 0.150. The van der Waals surface area contributed by atoms with Gasteiger partial charge in [0.1, 0.15) is 5.75 Å². The second-order valence-electron chi connectivity index (χ2n) is 5.69. The van der Waals surface area contributed by atoms with Gasteiger partial charge >= 0.3 is 0 Å². The summed E-state index contributed by atoms with van der Waals surface area (Å²) in [5.41, 5.74) is 1.91. The molecule has 0 radical (unpaired) electrons. The first-order valence-electron chi connectivity index (χ1n) is 7.72. The average Bonchev–Trinajstić information content (AvgIpc) is 2.59. The lowest BCUT2D eigenvalue weighted by atomic mass is 9.93. The second-order valence-corrected chi connectivity index (χ2v) is 7.02. The number of benzene rings is 2. The van der Waals surface area contributed by atoms with Crippen molar-refractivity contribution in [2.24, 2.45) is 5.92 Å². The first-order chi connectivity index (χ1) is 11.3. The highest BCUT2D eigenvalue weighted by Crippen LogP contribution is 2.23. The van der Waals surface area contributed by atoms with Crippen molar-refractivity contribution in [3.63, 3.8) is 0 Å². The van der Waals surface area contributed by atoms with E-state index in [0.29, 0.717) is 17.2 Å². The van der Waals surface area contributed by atoms with Crippen molar-refractivity contribution in [1.82, 2.24) is 0 Å². The minimum atomic E-state index is 0.277. The third-order valence-electron chi connectivity index (χ3n) is 3.99. The third kappa shape index (κ3) is 3.97. The monoisotopic (exact) mass is 322 g/mol. The highest BCUT2D eigenvalue weighted by atomic mass is 31.1. The van der Waals surface area contributed by atoms with Crippen LogP contribution < -0.4 is 10.6 Å². The van der Waals surface area contributed by atoms with Crippen LogP contribution in [0.25, 0.3) is 0 Å². The Bertz CT molecular complexity index is 762. The summed E-state index contributed by atoms with van der Waals surface area (Å²) in [5.74, 6) is 0.815. The van der Waals surface area contributed by atoms with E-state index >= 15 is 0 Å². The van der Waals surface area contributed by atoms with Crippen LogP contribution in [0.2, 0.25) is 0 Å². The van der Waals surface area contributed by atoms with Crippen LogP contribution in [0.3, 0.4) is 0 Å². The molecule has 2 atom stereocenters. The van der Waals surface area contributed by atoms with Gasteiger partial charge in [-0.15, -0.1) is 0 Å². The van der Waals surface area contributed by atoms with E-state index in [1.807, 2.05) is 30.3 Å². The fourth-order valence-corrected chi connectivity index (χ4v) is 3.98. The Kier molecular flexibility index (Phi) is 5.05. The number of allylic oxidation sites excluding steroid dienone is 4. The molecule has 0 heterocycles. The molecule has 2 nitrogen and oxygen atoms in total. The molecule has 1 aliphatic carbocycles. The van der Waals surface area contributed by atoms with E-state index in [2.05, 4.69) is 30.4 Å². The molecule has 0 aromatic heterocycles. The molecule has 23 heavy (non-hydrogen) atoms. The Morgan fingerprint density at radius 2 is 2.00 bits per heavy atom. The maximum atomic E-state index is 11.2. The number of rotatable bonds is 5. The van der Waals surface area contributed by atoms with E-state index in [1.54, 1.807) is 6.07 Å². The first kappa shape index (κ1) is 15.7. The van der Waals surface area contributed by atoms with Gasteiger partial charge in [0, 0.05) is 10.9 Å². The molecule has 0 bridgehead atoms. The molecule has 3 heteroatoms. The Morgan fingerprint density at radius 3 is 2.78 bits per heavy atom. The van der Waals surface area contributed by atoms with Crippen LogP contribution in [0.5, 0.6) is 5.75 Å². The van der Waals surface area contributed by atoms with Crippen LogP contribution >= 0.6 is 8.58 Å². The van der Waals surface area contributed by atoms with E-state index in [9.17, 15) is 9.90 Å². The molecule has 3 rings (SSSR count). The molecule has 0 saturated carbocycles. The van der Waals surface area contributed by atoms with Crippen LogP contribution in [0.4, 0.5) is 0 Å². The van der Waals surface area contributed by atoms with Gasteiger partial charge in [0.2, 0.25) is 0 Å².